The van der Waals surface area contributed by atoms with Gasteiger partial charge < -0.3 is 26.0 Å². The van der Waals surface area contributed by atoms with Crippen LogP contribution in [0.1, 0.15) is 18.5 Å². The predicted molar refractivity (Wildman–Crippen MR) is 136 cm³/mol. The molecule has 0 aliphatic carbocycles. The Labute approximate surface area is 198 Å². The lowest BCUT2D eigenvalue weighted by atomic mass is 10.0. The lowest BCUT2D eigenvalue weighted by Crippen LogP contribution is -2.46. The van der Waals surface area contributed by atoms with E-state index in [0.29, 0.717) is 11.4 Å². The van der Waals surface area contributed by atoms with E-state index >= 15 is 0 Å². The maximum Gasteiger partial charge on any atom is 0.319 e. The number of anilines is 2. The van der Waals surface area contributed by atoms with Crippen LogP contribution in [0.4, 0.5) is 16.3 Å². The van der Waals surface area contributed by atoms with Gasteiger partial charge >= 0.3 is 6.03 Å². The summed E-state index contributed by atoms with van der Waals surface area (Å²) < 4.78 is 5.15. The number of hydrogen-bond donors (Lipinski definition) is 3. The molecule has 2 aromatic carbocycles. The molecule has 0 bridgehead atoms. The van der Waals surface area contributed by atoms with Gasteiger partial charge in [0.2, 0.25) is 0 Å². The first-order valence-corrected chi connectivity index (χ1v) is 11.2. The number of piperidine rings is 1. The van der Waals surface area contributed by atoms with Crippen LogP contribution < -0.4 is 26.0 Å². The number of nitrogens with one attached hydrogen (secondary N) is 2. The first-order chi connectivity index (χ1) is 16.6. The molecule has 9 nitrogen and oxygen atoms in total. The Morgan fingerprint density at radius 2 is 1.82 bits per heavy atom. The van der Waals surface area contributed by atoms with E-state index < -0.39 is 0 Å². The maximum absolute atomic E-state index is 12.4. The van der Waals surface area contributed by atoms with E-state index in [4.69, 9.17) is 10.5 Å². The molecule has 9 heteroatoms. The average molecular weight is 460 g/mol. The smallest absolute Gasteiger partial charge is 0.319 e. The number of urea groups is 1. The van der Waals surface area contributed by atoms with Gasteiger partial charge in [-0.1, -0.05) is 24.3 Å². The highest BCUT2D eigenvalue weighted by Gasteiger charge is 2.24. The number of aliphatic imine (C=N–C) groups is 1. The Morgan fingerprint density at radius 3 is 2.47 bits per heavy atom. The second kappa shape index (κ2) is 10.7. The van der Waals surface area contributed by atoms with Gasteiger partial charge in [-0.15, -0.1) is 10.2 Å². The Hall–Kier alpha value is -4.14. The molecule has 0 unspecified atom stereocenters. The molecule has 4 rings (SSSR count). The van der Waals surface area contributed by atoms with Crippen LogP contribution in [0.2, 0.25) is 0 Å². The zero-order valence-corrected chi connectivity index (χ0v) is 19.4. The second-order valence-corrected chi connectivity index (χ2v) is 7.97. The normalized spacial score (nSPS) is 15.0. The minimum absolute atomic E-state index is 0.0847. The molecule has 1 aromatic heterocycles. The lowest BCUT2D eigenvalue weighted by molar-refractivity contribution is 0.246. The Kier molecular flexibility index (Phi) is 7.22. The summed E-state index contributed by atoms with van der Waals surface area (Å²) in [6.45, 7) is 1.53. The van der Waals surface area contributed by atoms with Gasteiger partial charge in [-0.2, -0.15) is 0 Å². The summed E-state index contributed by atoms with van der Waals surface area (Å²) in [5, 5.41) is 17.0. The van der Waals surface area contributed by atoms with Crippen LogP contribution in [-0.2, 0) is 0 Å². The quantitative estimate of drug-likeness (QED) is 0.487. The van der Waals surface area contributed by atoms with Crippen molar-refractivity contribution in [2.45, 2.75) is 18.9 Å². The fraction of sp³-hybridized carbons (Fsp3) is 0.280. The molecule has 1 aliphatic heterocycles. The minimum atomic E-state index is -0.211. The fourth-order valence-corrected chi connectivity index (χ4v) is 4.13. The highest BCUT2D eigenvalue weighted by atomic mass is 16.5. The van der Waals surface area contributed by atoms with Gasteiger partial charge in [0.15, 0.2) is 5.82 Å². The number of carbonyl (C=O) groups is 1. The SMILES string of the molecule is CN=C(C=CN)c1nnc(N2CCC(NC(=O)Nc3ccc(OC)cc3)CC2)c2ccccc12. The van der Waals surface area contributed by atoms with Gasteiger partial charge in [-0.05, 0) is 49.4 Å². The Balaban J connectivity index is 1.42. The van der Waals surface area contributed by atoms with Gasteiger partial charge in [-0.25, -0.2) is 4.79 Å². The number of methoxy groups -OCH3 is 1. The van der Waals surface area contributed by atoms with E-state index in [1.54, 1.807) is 20.2 Å². The first kappa shape index (κ1) is 23.0. The molecular formula is C25H29N7O2. The monoisotopic (exact) mass is 459 g/mol. The molecule has 34 heavy (non-hydrogen) atoms. The van der Waals surface area contributed by atoms with Crippen molar-refractivity contribution in [2.24, 2.45) is 10.7 Å². The summed E-state index contributed by atoms with van der Waals surface area (Å²) in [5.74, 6) is 1.59. The van der Waals surface area contributed by atoms with E-state index in [0.717, 1.165) is 54.0 Å². The number of nitrogens with zero attached hydrogens (tertiary/aromatic N) is 4. The zero-order valence-electron chi connectivity index (χ0n) is 19.4. The third-order valence-electron chi connectivity index (χ3n) is 5.88. The molecule has 0 radical (unpaired) electrons. The van der Waals surface area contributed by atoms with Crippen LogP contribution in [0.25, 0.3) is 10.8 Å². The standard InChI is InChI=1S/C25H29N7O2/c1-27-22(11-14-26)23-20-5-3-4-6-21(20)24(31-30-23)32-15-12-18(13-16-32)29-25(33)28-17-7-9-19(34-2)10-8-17/h3-11,14,18H,12-13,15-16,26H2,1-2H3,(H2,28,29,33). The van der Waals surface area contributed by atoms with Gasteiger partial charge in [0.25, 0.3) is 0 Å². The van der Waals surface area contributed by atoms with Crippen molar-refractivity contribution in [2.75, 3.05) is 37.5 Å². The number of ether oxygens (including phenoxy) is 1. The van der Waals surface area contributed by atoms with E-state index in [9.17, 15) is 4.79 Å². The summed E-state index contributed by atoms with van der Waals surface area (Å²) in [4.78, 5) is 18.9. The summed E-state index contributed by atoms with van der Waals surface area (Å²) >= 11 is 0. The van der Waals surface area contributed by atoms with Crippen molar-refractivity contribution in [1.29, 1.82) is 0 Å². The van der Waals surface area contributed by atoms with E-state index in [2.05, 4.69) is 36.8 Å². The lowest BCUT2D eigenvalue weighted by Gasteiger charge is -2.33. The predicted octanol–water partition coefficient (Wildman–Crippen LogP) is 3.32. The number of aromatic nitrogens is 2. The van der Waals surface area contributed by atoms with E-state index in [1.807, 2.05) is 42.5 Å². The van der Waals surface area contributed by atoms with Crippen LogP contribution in [0.3, 0.4) is 0 Å². The molecule has 1 aliphatic rings. The summed E-state index contributed by atoms with van der Waals surface area (Å²) in [5.41, 5.74) is 7.69. The van der Waals surface area contributed by atoms with Crippen LogP contribution in [0.5, 0.6) is 5.75 Å². The zero-order chi connectivity index (χ0) is 23.9. The first-order valence-electron chi connectivity index (χ1n) is 11.2. The summed E-state index contributed by atoms with van der Waals surface area (Å²) in [6, 6.07) is 15.2. The van der Waals surface area contributed by atoms with Crippen molar-refractivity contribution < 1.29 is 9.53 Å². The van der Waals surface area contributed by atoms with Crippen molar-refractivity contribution in [3.05, 3.63) is 66.5 Å². The molecule has 0 spiro atoms. The van der Waals surface area contributed by atoms with Crippen LogP contribution in [0, 0.1) is 0 Å². The number of nitrogens with two attached hydrogens (primary N) is 1. The molecular weight excluding hydrogens is 430 g/mol. The van der Waals surface area contributed by atoms with Gasteiger partial charge in [0.05, 0.1) is 12.8 Å². The number of rotatable bonds is 6. The molecule has 176 valence electrons. The molecule has 0 atom stereocenters. The average Bonchev–Trinajstić information content (AvgIpc) is 2.88. The van der Waals surface area contributed by atoms with Gasteiger partial charge in [0, 0.05) is 42.6 Å². The van der Waals surface area contributed by atoms with Gasteiger partial charge in [0.1, 0.15) is 11.4 Å². The third-order valence-corrected chi connectivity index (χ3v) is 5.88. The molecule has 1 fully saturated rings. The third kappa shape index (κ3) is 5.09. The molecule has 3 aromatic rings. The largest absolute Gasteiger partial charge is 0.497 e. The molecule has 2 amide bonds. The maximum atomic E-state index is 12.4. The molecule has 2 heterocycles. The number of allylic oxidation sites excluding steroid dienone is 1. The van der Waals surface area contributed by atoms with Crippen LogP contribution >= 0.6 is 0 Å². The number of carbonyl (C=O) groups excluding carboxylic acids is 1. The fourth-order valence-electron chi connectivity index (χ4n) is 4.13. The topological polar surface area (TPSA) is 118 Å². The molecule has 4 N–H and O–H groups in total. The van der Waals surface area contributed by atoms with E-state index in [-0.39, 0.29) is 12.1 Å². The van der Waals surface area contributed by atoms with Crippen molar-refractivity contribution >= 4 is 34.0 Å². The minimum Gasteiger partial charge on any atom is -0.497 e. The second-order valence-electron chi connectivity index (χ2n) is 7.97. The summed E-state index contributed by atoms with van der Waals surface area (Å²) in [7, 11) is 3.32. The van der Waals surface area contributed by atoms with Crippen molar-refractivity contribution in [3.8, 4) is 5.75 Å². The van der Waals surface area contributed by atoms with Crippen molar-refractivity contribution in [1.82, 2.24) is 15.5 Å². The van der Waals surface area contributed by atoms with Crippen LogP contribution in [0.15, 0.2) is 65.8 Å². The van der Waals surface area contributed by atoms with E-state index in [1.165, 1.54) is 6.20 Å². The molecule has 0 saturated carbocycles. The Morgan fingerprint density at radius 1 is 1.12 bits per heavy atom. The highest BCUT2D eigenvalue weighted by Crippen LogP contribution is 2.28. The number of benzene rings is 2. The number of amides is 2. The Bertz CT molecular complexity index is 1200. The number of fused-ring (bicyclic) bond motifs is 1. The van der Waals surface area contributed by atoms with Crippen LogP contribution in [-0.4, -0.2) is 55.2 Å². The molecule has 1 saturated heterocycles. The highest BCUT2D eigenvalue weighted by molar-refractivity contribution is 6.15. The van der Waals surface area contributed by atoms with Gasteiger partial charge in [-0.3, -0.25) is 4.99 Å². The summed E-state index contributed by atoms with van der Waals surface area (Å²) in [6.07, 6.45) is 4.80. The number of hydrogen-bond acceptors (Lipinski definition) is 7. The van der Waals surface area contributed by atoms with Crippen molar-refractivity contribution in [3.63, 3.8) is 0 Å².